The predicted octanol–water partition coefficient (Wildman–Crippen LogP) is 3.67. The van der Waals surface area contributed by atoms with E-state index in [0.717, 1.165) is 27.3 Å². The van der Waals surface area contributed by atoms with Crippen LogP contribution in [0.15, 0.2) is 36.4 Å². The number of nitrogens with zero attached hydrogens (tertiary/aromatic N) is 1. The fraction of sp³-hybridized carbons (Fsp3) is 0.278. The molecule has 0 saturated heterocycles. The molecule has 2 aromatic rings. The lowest BCUT2D eigenvalue weighted by Gasteiger charge is -2.24. The van der Waals surface area contributed by atoms with Gasteiger partial charge in [0, 0.05) is 10.7 Å². The number of hydrogen-bond donors (Lipinski definition) is 1. The van der Waals surface area contributed by atoms with Crippen molar-refractivity contribution in [1.29, 1.82) is 0 Å². The van der Waals surface area contributed by atoms with Gasteiger partial charge in [-0.25, -0.2) is 8.42 Å². The van der Waals surface area contributed by atoms with Gasteiger partial charge in [-0.3, -0.25) is 9.10 Å². The molecule has 1 amide bonds. The van der Waals surface area contributed by atoms with Gasteiger partial charge in [-0.05, 0) is 55.7 Å². The van der Waals surface area contributed by atoms with E-state index in [0.29, 0.717) is 16.4 Å². The predicted molar refractivity (Wildman–Crippen MR) is 103 cm³/mol. The molecule has 5 nitrogen and oxygen atoms in total. The molecule has 0 aliphatic heterocycles. The lowest BCUT2D eigenvalue weighted by Crippen LogP contribution is -2.38. The highest BCUT2D eigenvalue weighted by Gasteiger charge is 2.23. The third kappa shape index (κ3) is 4.74. The summed E-state index contributed by atoms with van der Waals surface area (Å²) in [6, 6.07) is 10.5. The average Bonchev–Trinajstić information content (AvgIpc) is 2.51. The number of amides is 1. The first-order valence-electron chi connectivity index (χ1n) is 7.69. The van der Waals surface area contributed by atoms with Gasteiger partial charge < -0.3 is 5.32 Å². The van der Waals surface area contributed by atoms with Gasteiger partial charge in [-0.2, -0.15) is 0 Å². The highest BCUT2D eigenvalue weighted by atomic mass is 35.5. The van der Waals surface area contributed by atoms with Gasteiger partial charge in [0.15, 0.2) is 0 Å². The summed E-state index contributed by atoms with van der Waals surface area (Å²) in [5.74, 6) is -0.418. The maximum Gasteiger partial charge on any atom is 0.245 e. The van der Waals surface area contributed by atoms with Crippen LogP contribution in [0.5, 0.6) is 0 Å². The Labute approximate surface area is 153 Å². The second kappa shape index (κ2) is 7.45. The van der Waals surface area contributed by atoms with Crippen molar-refractivity contribution < 1.29 is 13.2 Å². The monoisotopic (exact) mass is 380 g/mol. The Hall–Kier alpha value is -2.05. The number of carbonyl (C=O) groups excluding carboxylic acids is 1. The number of hydrogen-bond acceptors (Lipinski definition) is 3. The maximum absolute atomic E-state index is 12.5. The molecule has 0 spiro atoms. The van der Waals surface area contributed by atoms with Crippen molar-refractivity contribution in [3.63, 3.8) is 0 Å². The highest BCUT2D eigenvalue weighted by Crippen LogP contribution is 2.26. The fourth-order valence-electron chi connectivity index (χ4n) is 2.44. The molecule has 0 aliphatic rings. The molecule has 0 saturated carbocycles. The first kappa shape index (κ1) is 19.3. The Morgan fingerprint density at radius 1 is 1.12 bits per heavy atom. The van der Waals surface area contributed by atoms with Crippen LogP contribution < -0.4 is 9.62 Å². The van der Waals surface area contributed by atoms with Crippen molar-refractivity contribution in [1.82, 2.24) is 0 Å². The molecule has 0 heterocycles. The Morgan fingerprint density at radius 3 is 2.44 bits per heavy atom. The zero-order valence-electron chi connectivity index (χ0n) is 14.6. The van der Waals surface area contributed by atoms with Crippen LogP contribution in [0.25, 0.3) is 0 Å². The number of anilines is 2. The molecule has 0 atom stereocenters. The third-order valence-electron chi connectivity index (χ3n) is 4.01. The Balaban J connectivity index is 2.30. The van der Waals surface area contributed by atoms with E-state index >= 15 is 0 Å². The topological polar surface area (TPSA) is 66.5 Å². The lowest BCUT2D eigenvalue weighted by molar-refractivity contribution is -0.114. The third-order valence-corrected chi connectivity index (χ3v) is 5.37. The Bertz CT molecular complexity index is 911. The van der Waals surface area contributed by atoms with Gasteiger partial charge >= 0.3 is 0 Å². The van der Waals surface area contributed by atoms with Crippen LogP contribution in [0, 0.1) is 20.8 Å². The van der Waals surface area contributed by atoms with Crippen molar-refractivity contribution in [2.24, 2.45) is 0 Å². The first-order valence-corrected chi connectivity index (χ1v) is 9.92. The molecule has 0 radical (unpaired) electrons. The van der Waals surface area contributed by atoms with Gasteiger partial charge in [-0.15, -0.1) is 0 Å². The van der Waals surface area contributed by atoms with Crippen LogP contribution in [-0.4, -0.2) is 27.1 Å². The van der Waals surface area contributed by atoms with Crippen LogP contribution >= 0.6 is 11.6 Å². The van der Waals surface area contributed by atoms with Gasteiger partial charge in [0.05, 0.1) is 11.9 Å². The van der Waals surface area contributed by atoms with Crippen molar-refractivity contribution in [2.45, 2.75) is 20.8 Å². The van der Waals surface area contributed by atoms with Gasteiger partial charge in [0.25, 0.3) is 0 Å². The average molecular weight is 381 g/mol. The second-order valence-electron chi connectivity index (χ2n) is 6.00. The van der Waals surface area contributed by atoms with Crippen LogP contribution in [0.1, 0.15) is 16.7 Å². The number of aryl methyl sites for hydroxylation is 2. The minimum Gasteiger partial charge on any atom is -0.324 e. The summed E-state index contributed by atoms with van der Waals surface area (Å²) in [6.45, 7) is 5.30. The van der Waals surface area contributed by atoms with Crippen molar-refractivity contribution in [3.05, 3.63) is 58.1 Å². The van der Waals surface area contributed by atoms with Crippen molar-refractivity contribution >= 4 is 38.9 Å². The fourth-order valence-corrected chi connectivity index (χ4v) is 3.51. The first-order chi connectivity index (χ1) is 11.6. The normalized spacial score (nSPS) is 11.2. The number of benzene rings is 2. The summed E-state index contributed by atoms with van der Waals surface area (Å²) in [4.78, 5) is 12.5. The van der Waals surface area contributed by atoms with Gasteiger partial charge in [-0.1, -0.05) is 29.8 Å². The molecule has 7 heteroatoms. The molecular formula is C18H21ClN2O3S. The molecule has 2 rings (SSSR count). The highest BCUT2D eigenvalue weighted by molar-refractivity contribution is 7.92. The Kier molecular flexibility index (Phi) is 5.75. The minimum absolute atomic E-state index is 0.326. The largest absolute Gasteiger partial charge is 0.324 e. The summed E-state index contributed by atoms with van der Waals surface area (Å²) in [7, 11) is -3.65. The lowest BCUT2D eigenvalue weighted by atomic mass is 10.1. The van der Waals surface area contributed by atoms with Crippen molar-refractivity contribution in [3.8, 4) is 0 Å². The molecule has 0 unspecified atom stereocenters. The number of halogens is 1. The number of carbonyl (C=O) groups is 1. The molecule has 25 heavy (non-hydrogen) atoms. The quantitative estimate of drug-likeness (QED) is 0.860. The standard InChI is InChI=1S/C18H21ClN2O3S/c1-12-6-5-7-16(14(12)3)20-18(22)11-21(25(4,23)24)17-10-15(19)9-8-13(17)2/h5-10H,11H2,1-4H3,(H,20,22). The summed E-state index contributed by atoms with van der Waals surface area (Å²) < 4.78 is 25.5. The minimum atomic E-state index is -3.65. The van der Waals surface area contributed by atoms with E-state index in [9.17, 15) is 13.2 Å². The van der Waals surface area contributed by atoms with Crippen LogP contribution in [0.2, 0.25) is 5.02 Å². The molecule has 2 aromatic carbocycles. The van der Waals surface area contributed by atoms with E-state index in [1.165, 1.54) is 0 Å². The van der Waals surface area contributed by atoms with Crippen LogP contribution in [-0.2, 0) is 14.8 Å². The summed E-state index contributed by atoms with van der Waals surface area (Å²) in [5.41, 5.74) is 3.77. The second-order valence-corrected chi connectivity index (χ2v) is 8.34. The van der Waals surface area contributed by atoms with Gasteiger partial charge in [0.1, 0.15) is 6.54 Å². The van der Waals surface area contributed by atoms with Crippen LogP contribution in [0.3, 0.4) is 0 Å². The molecular weight excluding hydrogens is 360 g/mol. The molecule has 0 bridgehead atoms. The van der Waals surface area contributed by atoms with E-state index in [-0.39, 0.29) is 6.54 Å². The SMILES string of the molecule is Cc1ccc(Cl)cc1N(CC(=O)Nc1cccc(C)c1C)S(C)(=O)=O. The molecule has 0 aliphatic carbocycles. The number of nitrogens with one attached hydrogen (secondary N) is 1. The van der Waals surface area contributed by atoms with Gasteiger partial charge in [0.2, 0.25) is 15.9 Å². The summed E-state index contributed by atoms with van der Waals surface area (Å²) >= 11 is 5.99. The van der Waals surface area contributed by atoms with E-state index in [1.807, 2.05) is 26.0 Å². The van der Waals surface area contributed by atoms with Crippen LogP contribution in [0.4, 0.5) is 11.4 Å². The van der Waals surface area contributed by atoms with E-state index in [4.69, 9.17) is 11.6 Å². The Morgan fingerprint density at radius 2 is 1.80 bits per heavy atom. The van der Waals surface area contributed by atoms with Crippen molar-refractivity contribution in [2.75, 3.05) is 22.4 Å². The smallest absolute Gasteiger partial charge is 0.245 e. The summed E-state index contributed by atoms with van der Waals surface area (Å²) in [6.07, 6.45) is 1.07. The molecule has 1 N–H and O–H groups in total. The number of sulfonamides is 1. The van der Waals surface area contributed by atoms with E-state index in [2.05, 4.69) is 5.32 Å². The zero-order valence-corrected chi connectivity index (χ0v) is 16.2. The maximum atomic E-state index is 12.5. The number of rotatable bonds is 5. The molecule has 0 fully saturated rings. The zero-order chi connectivity index (χ0) is 18.8. The summed E-state index contributed by atoms with van der Waals surface area (Å²) in [5, 5.41) is 3.19. The van der Waals surface area contributed by atoms with E-state index < -0.39 is 15.9 Å². The van der Waals surface area contributed by atoms with E-state index in [1.54, 1.807) is 31.2 Å². The molecule has 0 aromatic heterocycles. The molecule has 134 valence electrons.